The molecule has 0 saturated heterocycles. The number of rotatable bonds is 3. The van der Waals surface area contributed by atoms with Crippen LogP contribution in [-0.4, -0.2) is 14.5 Å². The van der Waals surface area contributed by atoms with E-state index in [4.69, 9.17) is 5.73 Å². The zero-order valence-electron chi connectivity index (χ0n) is 11.3. The summed E-state index contributed by atoms with van der Waals surface area (Å²) in [6.07, 6.45) is 1.78. The molecular weight excluding hydrogens is 336 g/mol. The molecule has 0 bridgehead atoms. The van der Waals surface area contributed by atoms with Gasteiger partial charge in [-0.05, 0) is 33.4 Å². The van der Waals surface area contributed by atoms with Crippen LogP contribution in [0.15, 0.2) is 34.2 Å². The Morgan fingerprint density at radius 3 is 2.95 bits per heavy atom. The topological polar surface area (TPSA) is 56.7 Å². The van der Waals surface area contributed by atoms with Crippen LogP contribution >= 0.6 is 27.3 Å². The van der Waals surface area contributed by atoms with Crippen LogP contribution in [0.1, 0.15) is 18.7 Å². The zero-order chi connectivity index (χ0) is 14.3. The Balaban J connectivity index is 2.05. The number of imidazole rings is 1. The van der Waals surface area contributed by atoms with Gasteiger partial charge in [-0.15, -0.1) is 11.3 Å². The van der Waals surface area contributed by atoms with E-state index in [0.29, 0.717) is 5.95 Å². The highest BCUT2D eigenvalue weighted by molar-refractivity contribution is 9.10. The monoisotopic (exact) mass is 350 g/mol. The number of anilines is 1. The highest BCUT2D eigenvalue weighted by Gasteiger charge is 2.25. The van der Waals surface area contributed by atoms with Crippen molar-refractivity contribution in [1.29, 1.82) is 0 Å². The second-order valence-electron chi connectivity index (χ2n) is 5.41. The maximum Gasteiger partial charge on any atom is 0.202 e. The lowest BCUT2D eigenvalue weighted by atomic mass is 9.91. The molecule has 0 amide bonds. The van der Waals surface area contributed by atoms with Gasteiger partial charge in [-0.2, -0.15) is 0 Å². The summed E-state index contributed by atoms with van der Waals surface area (Å²) >= 11 is 5.17. The molecule has 3 aromatic rings. The number of nitrogens with two attached hydrogens (primary N) is 1. The molecule has 0 unspecified atom stereocenters. The van der Waals surface area contributed by atoms with Gasteiger partial charge in [0, 0.05) is 27.5 Å². The van der Waals surface area contributed by atoms with Gasteiger partial charge < -0.3 is 5.73 Å². The fourth-order valence-electron chi connectivity index (χ4n) is 2.30. The molecule has 0 saturated carbocycles. The summed E-state index contributed by atoms with van der Waals surface area (Å²) in [6.45, 7) is 5.18. The Labute approximate surface area is 129 Å². The van der Waals surface area contributed by atoms with Crippen LogP contribution in [0.2, 0.25) is 0 Å². The number of hydrogen-bond donors (Lipinski definition) is 1. The first kappa shape index (κ1) is 13.6. The maximum atomic E-state index is 6.06. The van der Waals surface area contributed by atoms with E-state index in [2.05, 4.69) is 57.3 Å². The SMILES string of the molecule is CC(C)(Cn1c(N)nc2cc(Br)cnc21)c1cccs1. The molecule has 0 aliphatic carbocycles. The average Bonchev–Trinajstić information content (AvgIpc) is 2.99. The van der Waals surface area contributed by atoms with Gasteiger partial charge in [-0.25, -0.2) is 9.97 Å². The molecule has 0 aliphatic heterocycles. The second-order valence-corrected chi connectivity index (χ2v) is 7.28. The highest BCUT2D eigenvalue weighted by atomic mass is 79.9. The van der Waals surface area contributed by atoms with Crippen molar-refractivity contribution in [1.82, 2.24) is 14.5 Å². The molecule has 20 heavy (non-hydrogen) atoms. The third-order valence-corrected chi connectivity index (χ3v) is 4.99. The maximum absolute atomic E-state index is 6.06. The van der Waals surface area contributed by atoms with Crippen molar-refractivity contribution in [3.63, 3.8) is 0 Å². The molecule has 0 spiro atoms. The number of pyridine rings is 1. The number of halogens is 1. The summed E-state index contributed by atoms with van der Waals surface area (Å²) in [6, 6.07) is 6.17. The lowest BCUT2D eigenvalue weighted by Gasteiger charge is -2.24. The molecule has 3 heterocycles. The Morgan fingerprint density at radius 1 is 1.45 bits per heavy atom. The van der Waals surface area contributed by atoms with E-state index < -0.39 is 0 Å². The lowest BCUT2D eigenvalue weighted by Crippen LogP contribution is -2.24. The molecule has 0 aromatic carbocycles. The van der Waals surface area contributed by atoms with Crippen molar-refractivity contribution in [3.05, 3.63) is 39.1 Å². The van der Waals surface area contributed by atoms with Gasteiger partial charge in [-0.1, -0.05) is 19.9 Å². The number of fused-ring (bicyclic) bond motifs is 1. The predicted octanol–water partition coefficient (Wildman–Crippen LogP) is 3.82. The van der Waals surface area contributed by atoms with Gasteiger partial charge in [0.1, 0.15) is 5.52 Å². The van der Waals surface area contributed by atoms with E-state index in [1.807, 2.05) is 10.6 Å². The fourth-order valence-corrected chi connectivity index (χ4v) is 3.46. The van der Waals surface area contributed by atoms with Crippen LogP contribution in [0, 0.1) is 0 Å². The summed E-state index contributed by atoms with van der Waals surface area (Å²) in [7, 11) is 0. The minimum Gasteiger partial charge on any atom is -0.369 e. The van der Waals surface area contributed by atoms with Gasteiger partial charge >= 0.3 is 0 Å². The van der Waals surface area contributed by atoms with Gasteiger partial charge in [0.05, 0.1) is 0 Å². The number of nitrogens with zero attached hydrogens (tertiary/aromatic N) is 3. The van der Waals surface area contributed by atoms with Crippen LogP contribution < -0.4 is 5.73 Å². The molecule has 0 fully saturated rings. The smallest absolute Gasteiger partial charge is 0.202 e. The van der Waals surface area contributed by atoms with Gasteiger partial charge in [0.2, 0.25) is 5.95 Å². The summed E-state index contributed by atoms with van der Waals surface area (Å²) in [5, 5.41) is 2.10. The third kappa shape index (κ3) is 2.33. The van der Waals surface area contributed by atoms with Crippen LogP contribution in [-0.2, 0) is 12.0 Å². The molecular formula is C14H15BrN4S. The van der Waals surface area contributed by atoms with Crippen molar-refractivity contribution in [2.75, 3.05) is 5.73 Å². The Hall–Kier alpha value is -1.40. The fraction of sp³-hybridized carbons (Fsp3) is 0.286. The van der Waals surface area contributed by atoms with Crippen molar-refractivity contribution >= 4 is 44.4 Å². The van der Waals surface area contributed by atoms with Crippen molar-refractivity contribution in [3.8, 4) is 0 Å². The van der Waals surface area contributed by atoms with Gasteiger partial charge in [0.25, 0.3) is 0 Å². The summed E-state index contributed by atoms with van der Waals surface area (Å²) < 4.78 is 2.90. The number of thiophene rings is 1. The first-order valence-electron chi connectivity index (χ1n) is 6.28. The molecule has 0 atom stereocenters. The summed E-state index contributed by atoms with van der Waals surface area (Å²) in [5.41, 5.74) is 7.70. The molecule has 104 valence electrons. The molecule has 6 heteroatoms. The second kappa shape index (κ2) is 4.86. The van der Waals surface area contributed by atoms with E-state index in [1.54, 1.807) is 17.5 Å². The van der Waals surface area contributed by atoms with Crippen LogP contribution in [0.4, 0.5) is 5.95 Å². The lowest BCUT2D eigenvalue weighted by molar-refractivity contribution is 0.451. The van der Waals surface area contributed by atoms with Crippen molar-refractivity contribution in [2.24, 2.45) is 0 Å². The molecule has 4 nitrogen and oxygen atoms in total. The first-order chi connectivity index (χ1) is 9.47. The Bertz CT molecular complexity index is 746. The Morgan fingerprint density at radius 2 is 2.25 bits per heavy atom. The highest BCUT2D eigenvalue weighted by Crippen LogP contribution is 2.31. The van der Waals surface area contributed by atoms with E-state index >= 15 is 0 Å². The number of nitrogen functional groups attached to an aromatic ring is 1. The normalized spacial score (nSPS) is 12.2. The quantitative estimate of drug-likeness (QED) is 0.781. The van der Waals surface area contributed by atoms with Crippen LogP contribution in [0.5, 0.6) is 0 Å². The van der Waals surface area contributed by atoms with E-state index in [-0.39, 0.29) is 5.41 Å². The predicted molar refractivity (Wildman–Crippen MR) is 87.0 cm³/mol. The van der Waals surface area contributed by atoms with Crippen molar-refractivity contribution in [2.45, 2.75) is 25.8 Å². The minimum absolute atomic E-state index is 0.00926. The first-order valence-corrected chi connectivity index (χ1v) is 7.96. The molecule has 0 aliphatic rings. The molecule has 2 N–H and O–H groups in total. The zero-order valence-corrected chi connectivity index (χ0v) is 13.7. The number of hydrogen-bond acceptors (Lipinski definition) is 4. The van der Waals surface area contributed by atoms with Crippen molar-refractivity contribution < 1.29 is 0 Å². The summed E-state index contributed by atoms with van der Waals surface area (Å²) in [5.74, 6) is 0.509. The van der Waals surface area contributed by atoms with Gasteiger partial charge in [-0.3, -0.25) is 4.57 Å². The molecule has 0 radical (unpaired) electrons. The van der Waals surface area contributed by atoms with E-state index in [1.165, 1.54) is 4.88 Å². The number of aromatic nitrogens is 3. The molecule has 3 rings (SSSR count). The average molecular weight is 351 g/mol. The standard InChI is InChI=1S/C14H15BrN4S/c1-14(2,11-4-3-5-20-11)8-19-12-10(18-13(19)16)6-9(15)7-17-12/h3-7H,8H2,1-2H3,(H2,16,18). The van der Waals surface area contributed by atoms with Gasteiger partial charge in [0.15, 0.2) is 5.65 Å². The third-order valence-electron chi connectivity index (χ3n) is 3.32. The van der Waals surface area contributed by atoms with Crippen LogP contribution in [0.3, 0.4) is 0 Å². The molecule has 3 aromatic heterocycles. The van der Waals surface area contributed by atoms with Crippen LogP contribution in [0.25, 0.3) is 11.2 Å². The largest absolute Gasteiger partial charge is 0.369 e. The van der Waals surface area contributed by atoms with E-state index in [9.17, 15) is 0 Å². The van der Waals surface area contributed by atoms with E-state index in [0.717, 1.165) is 22.2 Å². The summed E-state index contributed by atoms with van der Waals surface area (Å²) in [4.78, 5) is 10.2. The Kier molecular flexibility index (Phi) is 3.30. The minimum atomic E-state index is -0.00926.